The number of hydrogen-bond donors (Lipinski definition) is 1. The first-order chi connectivity index (χ1) is 23.8. The average Bonchev–Trinajstić information content (AvgIpc) is 3.19. The first-order valence-corrected chi connectivity index (χ1v) is 18.4. The van der Waals surface area contributed by atoms with Crippen LogP contribution >= 0.6 is 11.6 Å². The summed E-state index contributed by atoms with van der Waals surface area (Å²) < 4.78 is 24.0. The van der Waals surface area contributed by atoms with Crippen molar-refractivity contribution in [1.29, 1.82) is 0 Å². The first kappa shape index (κ1) is 36.7. The van der Waals surface area contributed by atoms with Gasteiger partial charge in [-0.2, -0.15) is 0 Å². The molecule has 1 N–H and O–H groups in total. The quantitative estimate of drug-likeness (QED) is 0.290. The Bertz CT molecular complexity index is 1590. The monoisotopic (exact) mass is 708 g/mol. The van der Waals surface area contributed by atoms with Gasteiger partial charge in [-0.15, -0.1) is 0 Å². The number of hydrogen-bond acceptors (Lipinski definition) is 8. The number of benzene rings is 2. The van der Waals surface area contributed by atoms with Gasteiger partial charge in [-0.25, -0.2) is 4.79 Å². The summed E-state index contributed by atoms with van der Waals surface area (Å²) in [6.45, 7) is 7.33. The van der Waals surface area contributed by atoms with E-state index in [1.54, 1.807) is 39.8 Å². The first-order valence-electron chi connectivity index (χ1n) is 18.1. The highest BCUT2D eigenvalue weighted by molar-refractivity contribution is 6.30. The molecule has 2 aliphatic heterocycles. The second-order valence-corrected chi connectivity index (χ2v) is 16.2. The molecule has 2 aliphatic carbocycles. The summed E-state index contributed by atoms with van der Waals surface area (Å²) >= 11 is 6.47. The van der Waals surface area contributed by atoms with Gasteiger partial charge in [0.15, 0.2) is 0 Å². The topological polar surface area (TPSA) is 97.8 Å². The molecule has 0 aromatic heterocycles. The summed E-state index contributed by atoms with van der Waals surface area (Å²) in [5.41, 5.74) is 1.36. The number of nitrogens with zero attached hydrogens (tertiary/aromatic N) is 2. The van der Waals surface area contributed by atoms with Crippen LogP contribution in [0.1, 0.15) is 76.0 Å². The van der Waals surface area contributed by atoms with Crippen LogP contribution in [-0.2, 0) is 41.2 Å². The van der Waals surface area contributed by atoms with Crippen LogP contribution in [0.3, 0.4) is 0 Å². The highest BCUT2D eigenvalue weighted by atomic mass is 35.5. The molecule has 1 amide bonds. The summed E-state index contributed by atoms with van der Waals surface area (Å²) in [6.07, 6.45) is 9.91. The SMILES string of the molecule is CO[C@H]1/C=C/CCN(C)C(=O)C[C@](O)(COCC(=O)OC(C)(C)C)c2ccc3c(c2)N(C[C@@H]2CC[C@H]21)C[C@@]1(CCCc2cc(Cl)ccc21)CO3. The molecule has 2 aromatic carbocycles. The molecule has 50 heavy (non-hydrogen) atoms. The third-order valence-electron chi connectivity index (χ3n) is 11.0. The lowest BCUT2D eigenvalue weighted by Crippen LogP contribution is -2.49. The van der Waals surface area contributed by atoms with Crippen molar-refractivity contribution in [3.05, 3.63) is 70.3 Å². The summed E-state index contributed by atoms with van der Waals surface area (Å²) in [6, 6.07) is 12.0. The van der Waals surface area contributed by atoms with Crippen LogP contribution < -0.4 is 9.64 Å². The minimum absolute atomic E-state index is 0.00424. The largest absolute Gasteiger partial charge is 0.490 e. The highest BCUT2D eigenvalue weighted by Crippen LogP contribution is 2.47. The van der Waals surface area contributed by atoms with E-state index in [9.17, 15) is 14.7 Å². The second kappa shape index (κ2) is 14.9. The van der Waals surface area contributed by atoms with E-state index in [1.807, 2.05) is 24.3 Å². The van der Waals surface area contributed by atoms with E-state index in [2.05, 4.69) is 29.2 Å². The lowest BCUT2D eigenvalue weighted by Gasteiger charge is -2.46. The van der Waals surface area contributed by atoms with Crippen molar-refractivity contribution >= 4 is 29.2 Å². The lowest BCUT2D eigenvalue weighted by molar-refractivity contribution is -0.163. The number of carbonyl (C=O) groups is 2. The van der Waals surface area contributed by atoms with Crippen LogP contribution in [0.2, 0.25) is 5.02 Å². The maximum absolute atomic E-state index is 13.6. The number of ether oxygens (including phenoxy) is 4. The van der Waals surface area contributed by atoms with Crippen molar-refractivity contribution in [1.82, 2.24) is 4.90 Å². The number of carbonyl (C=O) groups excluding carboxylic acids is 2. The maximum Gasteiger partial charge on any atom is 0.332 e. The Balaban J connectivity index is 1.40. The molecular formula is C40H53ClN2O7. The van der Waals surface area contributed by atoms with Crippen LogP contribution in [-0.4, -0.2) is 87.2 Å². The second-order valence-electron chi connectivity index (χ2n) is 15.8. The Morgan fingerprint density at radius 1 is 1.16 bits per heavy atom. The number of aliphatic hydroxyl groups is 1. The van der Waals surface area contributed by atoms with Crippen LogP contribution in [0, 0.1) is 11.8 Å². The van der Waals surface area contributed by atoms with Gasteiger partial charge < -0.3 is 33.9 Å². The molecule has 2 bridgehead atoms. The van der Waals surface area contributed by atoms with Crippen LogP contribution in [0.15, 0.2) is 48.6 Å². The summed E-state index contributed by atoms with van der Waals surface area (Å²) in [5.74, 6) is 0.751. The molecule has 5 atom stereocenters. The fourth-order valence-electron chi connectivity index (χ4n) is 8.26. The van der Waals surface area contributed by atoms with E-state index < -0.39 is 17.2 Å². The molecule has 1 fully saturated rings. The molecule has 2 aromatic rings. The van der Waals surface area contributed by atoms with E-state index >= 15 is 0 Å². The number of amides is 1. The van der Waals surface area contributed by atoms with Gasteiger partial charge in [-0.1, -0.05) is 35.9 Å². The molecular weight excluding hydrogens is 656 g/mol. The number of esters is 1. The molecule has 6 rings (SSSR count). The zero-order chi connectivity index (χ0) is 35.7. The van der Waals surface area contributed by atoms with Crippen molar-refractivity contribution in [2.75, 3.05) is 58.5 Å². The maximum atomic E-state index is 13.6. The molecule has 10 heteroatoms. The van der Waals surface area contributed by atoms with Crippen molar-refractivity contribution in [3.63, 3.8) is 0 Å². The highest BCUT2D eigenvalue weighted by Gasteiger charge is 2.45. The number of halogens is 1. The Hall–Kier alpha value is -3.11. The van der Waals surface area contributed by atoms with Gasteiger partial charge in [0.25, 0.3) is 0 Å². The van der Waals surface area contributed by atoms with Crippen LogP contribution in [0.4, 0.5) is 5.69 Å². The van der Waals surface area contributed by atoms with Gasteiger partial charge >= 0.3 is 5.97 Å². The van der Waals surface area contributed by atoms with Crippen LogP contribution in [0.5, 0.6) is 5.75 Å². The van der Waals surface area contributed by atoms with E-state index in [4.69, 9.17) is 30.5 Å². The molecule has 4 aliphatic rings. The average molecular weight is 709 g/mol. The molecule has 1 saturated carbocycles. The molecule has 9 nitrogen and oxygen atoms in total. The summed E-state index contributed by atoms with van der Waals surface area (Å²) in [4.78, 5) is 30.3. The predicted molar refractivity (Wildman–Crippen MR) is 194 cm³/mol. The van der Waals surface area contributed by atoms with Crippen molar-refractivity contribution < 1.29 is 33.6 Å². The Morgan fingerprint density at radius 3 is 2.72 bits per heavy atom. The number of rotatable bonds is 5. The van der Waals surface area contributed by atoms with Gasteiger partial charge in [-0.05, 0) is 112 Å². The molecule has 2 heterocycles. The number of fused-ring (bicyclic) bond motifs is 4. The fraction of sp³-hybridized carbons (Fsp3) is 0.600. The third kappa shape index (κ3) is 8.01. The third-order valence-corrected chi connectivity index (χ3v) is 11.2. The van der Waals surface area contributed by atoms with E-state index in [-0.39, 0.29) is 37.1 Å². The summed E-state index contributed by atoms with van der Waals surface area (Å²) in [7, 11) is 3.53. The minimum Gasteiger partial charge on any atom is -0.490 e. The number of methoxy groups -OCH3 is 1. The predicted octanol–water partition coefficient (Wildman–Crippen LogP) is 6.21. The lowest BCUT2D eigenvalue weighted by atomic mass is 9.68. The standard InChI is InChI=1S/C40H53ClN2O7/c1-38(2,3)50-37(45)23-48-26-40(46)21-36(44)42(4)18-7-6-10-34(47-5)31-14-11-28(31)22-43-24-39(25-49-35-16-12-29(40)20-33(35)43)17-8-9-27-19-30(41)13-15-32(27)39/h6,10,12-13,15-16,19-20,28,31,34,46H,7-9,11,14,17-18,21-26H2,1-5H3/b10-6+/t28-,31+,34-,39-,40-/m0/s1. The minimum atomic E-state index is -1.71. The number of aryl methyl sites for hydroxylation is 1. The van der Waals surface area contributed by atoms with Gasteiger partial charge in [0.1, 0.15) is 23.6 Å². The Kier molecular flexibility index (Phi) is 10.9. The fourth-order valence-corrected chi connectivity index (χ4v) is 8.45. The van der Waals surface area contributed by atoms with E-state index in [0.717, 1.165) is 61.7 Å². The molecule has 1 spiro atoms. The molecule has 272 valence electrons. The zero-order valence-electron chi connectivity index (χ0n) is 30.2. The Labute approximate surface area is 301 Å². The van der Waals surface area contributed by atoms with Crippen molar-refractivity contribution in [2.45, 2.75) is 88.4 Å². The molecule has 0 unspecified atom stereocenters. The van der Waals surface area contributed by atoms with Crippen LogP contribution in [0.25, 0.3) is 0 Å². The summed E-state index contributed by atoms with van der Waals surface area (Å²) in [5, 5.41) is 13.1. The van der Waals surface area contributed by atoms with Gasteiger partial charge in [0.2, 0.25) is 5.91 Å². The molecule has 0 radical (unpaired) electrons. The van der Waals surface area contributed by atoms with Crippen molar-refractivity contribution in [2.24, 2.45) is 11.8 Å². The van der Waals surface area contributed by atoms with Crippen molar-refractivity contribution in [3.8, 4) is 5.75 Å². The molecule has 0 saturated heterocycles. The van der Waals surface area contributed by atoms with E-state index in [0.29, 0.717) is 37.0 Å². The normalized spacial score (nSPS) is 29.3. The van der Waals surface area contributed by atoms with Gasteiger partial charge in [-0.3, -0.25) is 4.79 Å². The van der Waals surface area contributed by atoms with E-state index in [1.165, 1.54) is 11.1 Å². The Morgan fingerprint density at radius 2 is 1.98 bits per heavy atom. The smallest absolute Gasteiger partial charge is 0.332 e. The van der Waals surface area contributed by atoms with Gasteiger partial charge in [0.05, 0.1) is 31.4 Å². The zero-order valence-corrected chi connectivity index (χ0v) is 31.0. The van der Waals surface area contributed by atoms with Gasteiger partial charge in [0, 0.05) is 44.2 Å². The number of anilines is 1.